The Balaban J connectivity index is 1.38. The van der Waals surface area contributed by atoms with Crippen LogP contribution in [0.25, 0.3) is 11.0 Å². The molecular weight excluding hydrogens is 350 g/mol. The SMILES string of the molecule is Cc1ccccc1C1CC(N(C(=O)c2ccc3ncc(=O)[nH]c3c2)C2CC2)C1. The zero-order valence-electron chi connectivity index (χ0n) is 15.9. The number of aromatic nitrogens is 2. The third-order valence-electron chi connectivity index (χ3n) is 6.13. The first kappa shape index (κ1) is 17.2. The number of benzene rings is 2. The average Bonchev–Trinajstić information content (AvgIpc) is 3.49. The summed E-state index contributed by atoms with van der Waals surface area (Å²) in [5, 5.41) is 0. The van der Waals surface area contributed by atoms with Crippen molar-refractivity contribution in [3.8, 4) is 0 Å². The fraction of sp³-hybridized carbons (Fsp3) is 0.348. The Bertz CT molecular complexity index is 1110. The van der Waals surface area contributed by atoms with Crippen LogP contribution in [0.5, 0.6) is 0 Å². The fourth-order valence-electron chi connectivity index (χ4n) is 4.42. The number of hydrogen-bond acceptors (Lipinski definition) is 3. The molecule has 0 unspecified atom stereocenters. The summed E-state index contributed by atoms with van der Waals surface area (Å²) in [7, 11) is 0. The van der Waals surface area contributed by atoms with Crippen LogP contribution < -0.4 is 5.56 Å². The predicted octanol–water partition coefficient (Wildman–Crippen LogP) is 3.78. The fourth-order valence-corrected chi connectivity index (χ4v) is 4.42. The van der Waals surface area contributed by atoms with Crippen LogP contribution in [0.4, 0.5) is 0 Å². The van der Waals surface area contributed by atoms with Crippen molar-refractivity contribution in [1.82, 2.24) is 14.9 Å². The molecule has 0 saturated heterocycles. The molecule has 0 atom stereocenters. The van der Waals surface area contributed by atoms with Gasteiger partial charge >= 0.3 is 0 Å². The van der Waals surface area contributed by atoms with Gasteiger partial charge in [-0.15, -0.1) is 0 Å². The lowest BCUT2D eigenvalue weighted by Crippen LogP contribution is -2.48. The molecule has 142 valence electrons. The third kappa shape index (κ3) is 3.01. The van der Waals surface area contributed by atoms with E-state index in [0.717, 1.165) is 25.7 Å². The molecule has 1 amide bonds. The molecule has 5 heteroatoms. The van der Waals surface area contributed by atoms with Crippen molar-refractivity contribution in [2.75, 3.05) is 0 Å². The molecule has 0 aliphatic heterocycles. The highest BCUT2D eigenvalue weighted by Gasteiger charge is 2.43. The van der Waals surface area contributed by atoms with Crippen LogP contribution in [0.2, 0.25) is 0 Å². The maximum Gasteiger partial charge on any atom is 0.266 e. The minimum Gasteiger partial charge on any atom is -0.333 e. The lowest BCUT2D eigenvalue weighted by atomic mass is 9.73. The van der Waals surface area contributed by atoms with E-state index < -0.39 is 0 Å². The summed E-state index contributed by atoms with van der Waals surface area (Å²) in [4.78, 5) is 33.9. The first-order valence-electron chi connectivity index (χ1n) is 9.97. The van der Waals surface area contributed by atoms with Gasteiger partial charge in [0.05, 0.1) is 17.2 Å². The number of hydrogen-bond donors (Lipinski definition) is 1. The summed E-state index contributed by atoms with van der Waals surface area (Å²) in [6.07, 6.45) is 5.49. The summed E-state index contributed by atoms with van der Waals surface area (Å²) < 4.78 is 0. The topological polar surface area (TPSA) is 66.1 Å². The Labute approximate surface area is 163 Å². The summed E-state index contributed by atoms with van der Waals surface area (Å²) in [6, 6.07) is 14.6. The van der Waals surface area contributed by atoms with Crippen molar-refractivity contribution in [2.24, 2.45) is 0 Å². The maximum absolute atomic E-state index is 13.3. The highest BCUT2D eigenvalue weighted by molar-refractivity contribution is 5.97. The van der Waals surface area contributed by atoms with Crippen molar-refractivity contribution in [3.05, 3.63) is 75.7 Å². The molecule has 0 spiro atoms. The van der Waals surface area contributed by atoms with Crippen LogP contribution in [0, 0.1) is 6.92 Å². The van der Waals surface area contributed by atoms with Crippen LogP contribution in [-0.4, -0.2) is 32.9 Å². The minimum absolute atomic E-state index is 0.0716. The molecule has 1 aromatic heterocycles. The molecule has 5 nitrogen and oxygen atoms in total. The molecule has 2 aromatic carbocycles. The average molecular weight is 373 g/mol. The van der Waals surface area contributed by atoms with E-state index in [9.17, 15) is 9.59 Å². The van der Waals surface area contributed by atoms with E-state index in [4.69, 9.17) is 0 Å². The molecule has 3 aromatic rings. The number of rotatable bonds is 4. The van der Waals surface area contributed by atoms with Crippen LogP contribution >= 0.6 is 0 Å². The molecule has 2 fully saturated rings. The normalized spacial score (nSPS) is 21.3. The van der Waals surface area contributed by atoms with Gasteiger partial charge in [-0.25, -0.2) is 4.98 Å². The standard InChI is InChI=1S/C23H23N3O2/c1-14-4-2-3-5-19(14)16-10-18(11-16)26(17-7-8-17)23(28)15-6-9-20-21(12-15)25-22(27)13-24-20/h2-6,9,12-13,16-18H,7-8,10-11H2,1H3,(H,25,27). The summed E-state index contributed by atoms with van der Waals surface area (Å²) in [6.45, 7) is 2.16. The van der Waals surface area contributed by atoms with Crippen LogP contribution in [-0.2, 0) is 0 Å². The number of aryl methyl sites for hydroxylation is 1. The Morgan fingerprint density at radius 1 is 1.11 bits per heavy atom. The van der Waals surface area contributed by atoms with Crippen molar-refractivity contribution in [1.29, 1.82) is 0 Å². The van der Waals surface area contributed by atoms with E-state index in [0.29, 0.717) is 34.6 Å². The Kier molecular flexibility index (Phi) is 4.04. The number of nitrogens with zero attached hydrogens (tertiary/aromatic N) is 2. The molecule has 0 radical (unpaired) electrons. The van der Waals surface area contributed by atoms with Gasteiger partial charge in [-0.1, -0.05) is 24.3 Å². The van der Waals surface area contributed by atoms with Crippen molar-refractivity contribution < 1.29 is 4.79 Å². The maximum atomic E-state index is 13.3. The molecule has 2 saturated carbocycles. The van der Waals surface area contributed by atoms with Gasteiger partial charge in [-0.05, 0) is 67.9 Å². The summed E-state index contributed by atoms with van der Waals surface area (Å²) in [5.74, 6) is 0.611. The highest BCUT2D eigenvalue weighted by Crippen LogP contribution is 2.44. The van der Waals surface area contributed by atoms with Crippen molar-refractivity contribution in [2.45, 2.75) is 50.6 Å². The van der Waals surface area contributed by atoms with Gasteiger partial charge in [0.1, 0.15) is 0 Å². The van der Waals surface area contributed by atoms with Gasteiger partial charge in [-0.3, -0.25) is 9.59 Å². The molecule has 5 rings (SSSR count). The monoisotopic (exact) mass is 373 g/mol. The van der Waals surface area contributed by atoms with Gasteiger partial charge in [0.2, 0.25) is 0 Å². The van der Waals surface area contributed by atoms with Gasteiger partial charge in [0.15, 0.2) is 0 Å². The number of aromatic amines is 1. The van der Waals surface area contributed by atoms with Gasteiger partial charge in [-0.2, -0.15) is 0 Å². The van der Waals surface area contributed by atoms with E-state index in [2.05, 4.69) is 46.1 Å². The zero-order valence-corrected chi connectivity index (χ0v) is 15.9. The molecule has 28 heavy (non-hydrogen) atoms. The molecule has 2 aliphatic carbocycles. The van der Waals surface area contributed by atoms with Crippen LogP contribution in [0.1, 0.15) is 53.1 Å². The molecular formula is C23H23N3O2. The van der Waals surface area contributed by atoms with Crippen LogP contribution in [0.3, 0.4) is 0 Å². The number of fused-ring (bicyclic) bond motifs is 1. The van der Waals surface area contributed by atoms with E-state index in [-0.39, 0.29) is 11.5 Å². The number of amides is 1. The second-order valence-electron chi connectivity index (χ2n) is 8.10. The number of nitrogens with one attached hydrogen (secondary N) is 1. The molecule has 1 N–H and O–H groups in total. The quantitative estimate of drug-likeness (QED) is 0.757. The van der Waals surface area contributed by atoms with Gasteiger partial charge < -0.3 is 9.88 Å². The number of carbonyl (C=O) groups is 1. The third-order valence-corrected chi connectivity index (χ3v) is 6.13. The Morgan fingerprint density at radius 3 is 2.64 bits per heavy atom. The Hall–Kier alpha value is -2.95. The number of carbonyl (C=O) groups excluding carboxylic acids is 1. The lowest BCUT2D eigenvalue weighted by molar-refractivity contribution is 0.0516. The first-order valence-corrected chi connectivity index (χ1v) is 9.97. The molecule has 1 heterocycles. The molecule has 2 aliphatic rings. The zero-order chi connectivity index (χ0) is 19.3. The van der Waals surface area contributed by atoms with E-state index in [1.807, 2.05) is 6.07 Å². The summed E-state index contributed by atoms with van der Waals surface area (Å²) in [5.41, 5.74) is 4.43. The minimum atomic E-state index is -0.254. The molecule has 0 bridgehead atoms. The largest absolute Gasteiger partial charge is 0.333 e. The summed E-state index contributed by atoms with van der Waals surface area (Å²) >= 11 is 0. The Morgan fingerprint density at radius 2 is 1.89 bits per heavy atom. The highest BCUT2D eigenvalue weighted by atomic mass is 16.2. The van der Waals surface area contributed by atoms with Crippen molar-refractivity contribution in [3.63, 3.8) is 0 Å². The predicted molar refractivity (Wildman–Crippen MR) is 108 cm³/mol. The van der Waals surface area contributed by atoms with Gasteiger partial charge in [0, 0.05) is 17.6 Å². The second kappa shape index (κ2) is 6.59. The smallest absolute Gasteiger partial charge is 0.266 e. The van der Waals surface area contributed by atoms with Gasteiger partial charge in [0.25, 0.3) is 11.5 Å². The first-order chi connectivity index (χ1) is 13.6. The van der Waals surface area contributed by atoms with Crippen LogP contribution in [0.15, 0.2) is 53.5 Å². The van der Waals surface area contributed by atoms with E-state index in [1.54, 1.807) is 12.1 Å². The number of H-pyrrole nitrogens is 1. The second-order valence-corrected chi connectivity index (χ2v) is 8.10. The van der Waals surface area contributed by atoms with E-state index >= 15 is 0 Å². The van der Waals surface area contributed by atoms with E-state index in [1.165, 1.54) is 17.3 Å². The lowest BCUT2D eigenvalue weighted by Gasteiger charge is -2.44. The van der Waals surface area contributed by atoms with Crippen molar-refractivity contribution >= 4 is 16.9 Å².